The zero-order valence-electron chi connectivity index (χ0n) is 10.8. The summed E-state index contributed by atoms with van der Waals surface area (Å²) in [7, 11) is -1.41. The highest BCUT2D eigenvalue weighted by atomic mass is 32.2. The third kappa shape index (κ3) is 2.96. The third-order valence-corrected chi connectivity index (χ3v) is 3.66. The minimum atomic E-state index is -3.85. The fraction of sp³-hybridized carbons (Fsp3) is 0.455. The molecule has 1 atom stereocenters. The summed E-state index contributed by atoms with van der Waals surface area (Å²) in [6, 6.07) is 0.884. The zero-order valence-corrected chi connectivity index (χ0v) is 11.6. The van der Waals surface area contributed by atoms with Crippen LogP contribution in [0.1, 0.15) is 11.7 Å². The lowest BCUT2D eigenvalue weighted by atomic mass is 10.1. The number of nitrogens with two attached hydrogens (primary N) is 1. The molecule has 1 unspecified atom stereocenters. The van der Waals surface area contributed by atoms with E-state index in [1.165, 1.54) is 14.2 Å². The van der Waals surface area contributed by atoms with Crippen molar-refractivity contribution in [2.75, 3.05) is 27.0 Å². The Morgan fingerprint density at radius 1 is 1.37 bits per heavy atom. The monoisotopic (exact) mass is 293 g/mol. The molecule has 1 rings (SSSR count). The molecule has 6 nitrogen and oxygen atoms in total. The minimum absolute atomic E-state index is 0.0340. The van der Waals surface area contributed by atoms with E-state index >= 15 is 0 Å². The number of hydrogen-bond donors (Lipinski definition) is 2. The first-order valence-electron chi connectivity index (χ1n) is 5.30. The molecule has 1 aromatic carbocycles. The molecule has 0 aliphatic heterocycles. The number of sulfone groups is 1. The van der Waals surface area contributed by atoms with Crippen LogP contribution in [0, 0.1) is 5.82 Å². The first-order chi connectivity index (χ1) is 8.77. The van der Waals surface area contributed by atoms with Gasteiger partial charge in [0.25, 0.3) is 0 Å². The Morgan fingerprint density at radius 3 is 2.26 bits per heavy atom. The van der Waals surface area contributed by atoms with Gasteiger partial charge in [-0.3, -0.25) is 0 Å². The molecule has 0 aliphatic carbocycles. The topological polar surface area (TPSA) is 98.9 Å². The van der Waals surface area contributed by atoms with Crippen LogP contribution in [0.4, 0.5) is 4.39 Å². The van der Waals surface area contributed by atoms with Gasteiger partial charge in [-0.25, -0.2) is 12.8 Å². The summed E-state index contributed by atoms with van der Waals surface area (Å²) in [5.41, 5.74) is 5.34. The summed E-state index contributed by atoms with van der Waals surface area (Å²) in [5, 5.41) is 9.70. The number of methoxy groups -OCH3 is 2. The van der Waals surface area contributed by atoms with Gasteiger partial charge in [-0.2, -0.15) is 0 Å². The molecule has 0 bridgehead atoms. The summed E-state index contributed by atoms with van der Waals surface area (Å²) >= 11 is 0. The quantitative estimate of drug-likeness (QED) is 0.807. The first kappa shape index (κ1) is 15.7. The van der Waals surface area contributed by atoms with E-state index in [9.17, 15) is 17.9 Å². The van der Waals surface area contributed by atoms with Crippen molar-refractivity contribution in [1.29, 1.82) is 0 Å². The Bertz CT molecular complexity index is 573. The van der Waals surface area contributed by atoms with Gasteiger partial charge in [0.15, 0.2) is 21.3 Å². The highest BCUT2D eigenvalue weighted by Crippen LogP contribution is 2.41. The molecule has 108 valence electrons. The maximum Gasteiger partial charge on any atom is 0.182 e. The lowest BCUT2D eigenvalue weighted by molar-refractivity contribution is 0.180. The zero-order chi connectivity index (χ0) is 14.8. The number of ether oxygens (including phenoxy) is 2. The predicted octanol–water partition coefficient (Wildman–Crippen LogP) is 0.238. The van der Waals surface area contributed by atoms with Gasteiger partial charge in [-0.1, -0.05) is 0 Å². The molecule has 0 heterocycles. The van der Waals surface area contributed by atoms with Crippen LogP contribution in [0.15, 0.2) is 11.0 Å². The van der Waals surface area contributed by atoms with Crippen LogP contribution in [0.5, 0.6) is 11.5 Å². The Hall–Kier alpha value is -1.38. The van der Waals surface area contributed by atoms with Crippen LogP contribution < -0.4 is 15.2 Å². The molecule has 0 saturated carbocycles. The van der Waals surface area contributed by atoms with Crippen molar-refractivity contribution in [3.63, 3.8) is 0 Å². The van der Waals surface area contributed by atoms with Gasteiger partial charge >= 0.3 is 0 Å². The van der Waals surface area contributed by atoms with Crippen molar-refractivity contribution in [1.82, 2.24) is 0 Å². The lowest BCUT2D eigenvalue weighted by Gasteiger charge is -2.18. The van der Waals surface area contributed by atoms with Crippen molar-refractivity contribution in [3.8, 4) is 11.5 Å². The van der Waals surface area contributed by atoms with E-state index in [0.717, 1.165) is 12.3 Å². The van der Waals surface area contributed by atoms with E-state index in [1.54, 1.807) is 0 Å². The van der Waals surface area contributed by atoms with Crippen LogP contribution in [-0.4, -0.2) is 40.5 Å². The van der Waals surface area contributed by atoms with Gasteiger partial charge in [0.05, 0.1) is 20.3 Å². The summed E-state index contributed by atoms with van der Waals surface area (Å²) in [5.74, 6) is -1.36. The molecule has 0 aromatic heterocycles. The van der Waals surface area contributed by atoms with Gasteiger partial charge in [0.1, 0.15) is 10.7 Å². The summed E-state index contributed by atoms with van der Waals surface area (Å²) < 4.78 is 47.0. The van der Waals surface area contributed by atoms with Crippen molar-refractivity contribution < 1.29 is 27.4 Å². The third-order valence-electron chi connectivity index (χ3n) is 2.54. The van der Waals surface area contributed by atoms with Crippen LogP contribution in [-0.2, 0) is 9.84 Å². The molecule has 0 spiro atoms. The van der Waals surface area contributed by atoms with Crippen molar-refractivity contribution in [2.24, 2.45) is 5.73 Å². The molecule has 1 aromatic rings. The van der Waals surface area contributed by atoms with Crippen LogP contribution >= 0.6 is 0 Å². The van der Waals surface area contributed by atoms with Crippen LogP contribution in [0.3, 0.4) is 0 Å². The summed E-state index contributed by atoms with van der Waals surface area (Å²) in [6.07, 6.45) is -0.334. The van der Waals surface area contributed by atoms with E-state index in [-0.39, 0.29) is 23.6 Å². The van der Waals surface area contributed by atoms with Gasteiger partial charge < -0.3 is 20.3 Å². The first-order valence-corrected chi connectivity index (χ1v) is 7.19. The Kier molecular flexibility index (Phi) is 4.72. The minimum Gasteiger partial charge on any atom is -0.492 e. The fourth-order valence-electron chi connectivity index (χ4n) is 1.73. The predicted molar refractivity (Wildman–Crippen MR) is 66.6 cm³/mol. The molecule has 0 aliphatic rings. The average molecular weight is 293 g/mol. The van der Waals surface area contributed by atoms with E-state index in [2.05, 4.69) is 0 Å². The van der Waals surface area contributed by atoms with Gasteiger partial charge in [-0.05, 0) is 6.07 Å². The lowest BCUT2D eigenvalue weighted by Crippen LogP contribution is -2.15. The SMILES string of the molecule is COc1c(C(O)CN)cc(F)c(S(C)(=O)=O)c1OC. The molecular formula is C11H16FNO5S. The number of halogens is 1. The number of hydrogen-bond acceptors (Lipinski definition) is 6. The Morgan fingerprint density at radius 2 is 1.89 bits per heavy atom. The van der Waals surface area contributed by atoms with E-state index in [1.807, 2.05) is 0 Å². The molecule has 0 amide bonds. The Labute approximate surface area is 110 Å². The molecular weight excluding hydrogens is 277 g/mol. The Balaban J connectivity index is 3.74. The normalized spacial score (nSPS) is 13.2. The fourth-order valence-corrected chi connectivity index (χ4v) is 2.65. The van der Waals surface area contributed by atoms with Crippen molar-refractivity contribution >= 4 is 9.84 Å². The smallest absolute Gasteiger partial charge is 0.182 e. The molecule has 0 saturated heterocycles. The standard InChI is InChI=1S/C11H16FNO5S/c1-17-9-6(8(14)5-13)4-7(12)11(10(9)18-2)19(3,15)16/h4,8,14H,5,13H2,1-3H3. The maximum absolute atomic E-state index is 13.9. The number of aliphatic hydroxyl groups is 1. The highest BCUT2D eigenvalue weighted by Gasteiger charge is 2.28. The molecule has 0 fully saturated rings. The molecule has 19 heavy (non-hydrogen) atoms. The number of rotatable bonds is 5. The van der Waals surface area contributed by atoms with Crippen molar-refractivity contribution in [3.05, 3.63) is 17.4 Å². The number of aliphatic hydroxyl groups excluding tert-OH is 1. The van der Waals surface area contributed by atoms with Gasteiger partial charge in [0.2, 0.25) is 0 Å². The molecule has 0 radical (unpaired) electrons. The van der Waals surface area contributed by atoms with Gasteiger partial charge in [-0.15, -0.1) is 0 Å². The maximum atomic E-state index is 13.9. The second kappa shape index (κ2) is 5.72. The second-order valence-electron chi connectivity index (χ2n) is 3.87. The van der Waals surface area contributed by atoms with Crippen LogP contribution in [0.2, 0.25) is 0 Å². The van der Waals surface area contributed by atoms with Gasteiger partial charge in [0, 0.05) is 18.4 Å². The summed E-state index contributed by atoms with van der Waals surface area (Å²) in [6.45, 7) is -0.169. The number of benzene rings is 1. The average Bonchev–Trinajstić information content (AvgIpc) is 2.34. The molecule has 3 N–H and O–H groups in total. The second-order valence-corrected chi connectivity index (χ2v) is 5.82. The molecule has 8 heteroatoms. The van der Waals surface area contributed by atoms with Crippen molar-refractivity contribution in [2.45, 2.75) is 11.0 Å². The van der Waals surface area contributed by atoms with E-state index in [0.29, 0.717) is 0 Å². The summed E-state index contributed by atoms with van der Waals surface area (Å²) in [4.78, 5) is -0.611. The highest BCUT2D eigenvalue weighted by molar-refractivity contribution is 7.90. The van der Waals surface area contributed by atoms with E-state index < -0.39 is 26.7 Å². The van der Waals surface area contributed by atoms with E-state index in [4.69, 9.17) is 15.2 Å². The largest absolute Gasteiger partial charge is 0.492 e. The van der Waals surface area contributed by atoms with Crippen LogP contribution in [0.25, 0.3) is 0 Å².